The first kappa shape index (κ1) is 23.1. The highest BCUT2D eigenvalue weighted by Crippen LogP contribution is 2.35. The number of halogens is 1. The van der Waals surface area contributed by atoms with Crippen molar-refractivity contribution in [3.63, 3.8) is 0 Å². The van der Waals surface area contributed by atoms with E-state index in [1.165, 1.54) is 24.5 Å². The Balaban J connectivity index is 2.24. The number of hydrogen-bond acceptors (Lipinski definition) is 6. The van der Waals surface area contributed by atoms with Crippen LogP contribution < -0.4 is 10.8 Å². The minimum absolute atomic E-state index is 0.0892. The molecule has 2 aromatic rings. The zero-order valence-corrected chi connectivity index (χ0v) is 17.8. The molecule has 0 saturated heterocycles. The van der Waals surface area contributed by atoms with Crippen LogP contribution in [0.15, 0.2) is 59.1 Å². The standard InChI is InChI=1S/C21H21BrN2O6/c1-12(3-10-19(27)24-29)20(17-11-15(22)6-9-18(17)26)30-21(28)23-16-7-4-14(5-8-16)13(2)25/h3-12,20,26,29H,1-2H3,(H,23,28)(H,24,27)/b10-3+/t12-,20+/m0/s1. The SMILES string of the molecule is CC(=O)c1ccc(NC(=O)O[C@@H](c2cc(Br)ccc2O)[C@@H](C)/C=C/C(=O)NO)cc1. The lowest BCUT2D eigenvalue weighted by atomic mass is 9.96. The maximum Gasteiger partial charge on any atom is 0.412 e. The summed E-state index contributed by atoms with van der Waals surface area (Å²) < 4.78 is 6.20. The van der Waals surface area contributed by atoms with Crippen molar-refractivity contribution in [1.29, 1.82) is 0 Å². The smallest absolute Gasteiger partial charge is 0.412 e. The molecule has 30 heavy (non-hydrogen) atoms. The summed E-state index contributed by atoms with van der Waals surface area (Å²) in [4.78, 5) is 35.1. The summed E-state index contributed by atoms with van der Waals surface area (Å²) in [7, 11) is 0. The Bertz CT molecular complexity index is 958. The Hall–Kier alpha value is -3.17. The van der Waals surface area contributed by atoms with E-state index >= 15 is 0 Å². The number of amides is 2. The number of carbonyl (C=O) groups excluding carboxylic acids is 3. The average molecular weight is 477 g/mol. The molecule has 0 aliphatic heterocycles. The van der Waals surface area contributed by atoms with Gasteiger partial charge < -0.3 is 9.84 Å². The molecule has 2 amide bonds. The number of benzene rings is 2. The van der Waals surface area contributed by atoms with Crippen molar-refractivity contribution >= 4 is 39.4 Å². The van der Waals surface area contributed by atoms with Crippen LogP contribution in [0.1, 0.15) is 35.9 Å². The van der Waals surface area contributed by atoms with Crippen LogP contribution in [0.25, 0.3) is 0 Å². The van der Waals surface area contributed by atoms with Crippen LogP contribution in [0.3, 0.4) is 0 Å². The number of phenols is 1. The summed E-state index contributed by atoms with van der Waals surface area (Å²) in [5, 5.41) is 21.5. The number of rotatable bonds is 7. The van der Waals surface area contributed by atoms with Gasteiger partial charge in [-0.15, -0.1) is 0 Å². The van der Waals surface area contributed by atoms with Crippen LogP contribution in [-0.2, 0) is 9.53 Å². The third-order valence-electron chi connectivity index (χ3n) is 4.21. The molecule has 0 aromatic heterocycles. The van der Waals surface area contributed by atoms with E-state index in [-0.39, 0.29) is 11.5 Å². The number of ketones is 1. The minimum Gasteiger partial charge on any atom is -0.508 e. The molecule has 0 bridgehead atoms. The molecule has 4 N–H and O–H groups in total. The van der Waals surface area contributed by atoms with E-state index in [0.29, 0.717) is 21.3 Å². The highest BCUT2D eigenvalue weighted by Gasteiger charge is 2.25. The summed E-state index contributed by atoms with van der Waals surface area (Å²) in [6, 6.07) is 11.0. The van der Waals surface area contributed by atoms with Crippen molar-refractivity contribution in [3.8, 4) is 5.75 Å². The van der Waals surface area contributed by atoms with E-state index in [1.807, 2.05) is 0 Å². The topological polar surface area (TPSA) is 125 Å². The molecule has 0 radical (unpaired) electrons. The first-order chi connectivity index (χ1) is 14.2. The van der Waals surface area contributed by atoms with Crippen LogP contribution in [-0.4, -0.2) is 28.1 Å². The zero-order valence-electron chi connectivity index (χ0n) is 16.3. The van der Waals surface area contributed by atoms with Gasteiger partial charge in [-0.25, -0.2) is 10.3 Å². The normalized spacial score (nSPS) is 12.8. The molecule has 0 heterocycles. The van der Waals surface area contributed by atoms with Gasteiger partial charge >= 0.3 is 6.09 Å². The first-order valence-electron chi connectivity index (χ1n) is 8.90. The number of Topliss-reactive ketones (excluding diaryl/α,β-unsaturated/α-hetero) is 1. The predicted molar refractivity (Wildman–Crippen MR) is 113 cm³/mol. The van der Waals surface area contributed by atoms with Crippen LogP contribution in [0.2, 0.25) is 0 Å². The Morgan fingerprint density at radius 1 is 1.13 bits per heavy atom. The van der Waals surface area contributed by atoms with Gasteiger partial charge in [0.25, 0.3) is 5.91 Å². The van der Waals surface area contributed by atoms with E-state index in [9.17, 15) is 19.5 Å². The second kappa shape index (κ2) is 10.6. The Morgan fingerprint density at radius 3 is 2.40 bits per heavy atom. The monoisotopic (exact) mass is 476 g/mol. The van der Waals surface area contributed by atoms with Gasteiger partial charge in [-0.1, -0.05) is 28.9 Å². The molecule has 0 aliphatic carbocycles. The summed E-state index contributed by atoms with van der Waals surface area (Å²) in [6.07, 6.45) is 0.795. The molecule has 0 unspecified atom stereocenters. The quantitative estimate of drug-likeness (QED) is 0.204. The number of ether oxygens (including phenoxy) is 1. The number of carbonyl (C=O) groups is 3. The van der Waals surface area contributed by atoms with Crippen LogP contribution in [0, 0.1) is 5.92 Å². The molecular weight excluding hydrogens is 456 g/mol. The van der Waals surface area contributed by atoms with Gasteiger partial charge in [0.2, 0.25) is 0 Å². The number of hydroxylamine groups is 1. The average Bonchev–Trinajstić information content (AvgIpc) is 2.72. The lowest BCUT2D eigenvalue weighted by Gasteiger charge is -2.23. The van der Waals surface area contributed by atoms with Crippen molar-refractivity contribution in [3.05, 3.63) is 70.2 Å². The van der Waals surface area contributed by atoms with Gasteiger partial charge in [0.1, 0.15) is 11.9 Å². The van der Waals surface area contributed by atoms with E-state index in [1.54, 1.807) is 43.3 Å². The molecule has 2 atom stereocenters. The minimum atomic E-state index is -0.943. The summed E-state index contributed by atoms with van der Waals surface area (Å²) in [5.41, 5.74) is 2.73. The molecule has 0 spiro atoms. The van der Waals surface area contributed by atoms with Gasteiger partial charge in [0.15, 0.2) is 5.78 Å². The molecule has 0 saturated carbocycles. The Morgan fingerprint density at radius 2 is 1.80 bits per heavy atom. The fourth-order valence-electron chi connectivity index (χ4n) is 2.64. The largest absolute Gasteiger partial charge is 0.508 e. The van der Waals surface area contributed by atoms with Crippen molar-refractivity contribution in [2.75, 3.05) is 5.32 Å². The molecule has 0 fully saturated rings. The van der Waals surface area contributed by atoms with Crippen LogP contribution in [0.4, 0.5) is 10.5 Å². The third kappa shape index (κ3) is 6.43. The summed E-state index contributed by atoms with van der Waals surface area (Å²) >= 11 is 3.32. The molecule has 2 aromatic carbocycles. The van der Waals surface area contributed by atoms with Gasteiger partial charge in [-0.05, 0) is 49.4 Å². The van der Waals surface area contributed by atoms with Gasteiger partial charge in [0.05, 0.1) is 0 Å². The third-order valence-corrected chi connectivity index (χ3v) is 4.70. The van der Waals surface area contributed by atoms with Gasteiger partial charge in [-0.2, -0.15) is 0 Å². The zero-order chi connectivity index (χ0) is 22.3. The van der Waals surface area contributed by atoms with E-state index in [2.05, 4.69) is 21.2 Å². The number of phenolic OH excluding ortho intramolecular Hbond substituents is 1. The summed E-state index contributed by atoms with van der Waals surface area (Å²) in [6.45, 7) is 3.12. The van der Waals surface area contributed by atoms with Crippen LogP contribution >= 0.6 is 15.9 Å². The van der Waals surface area contributed by atoms with Crippen molar-refractivity contribution in [2.24, 2.45) is 5.92 Å². The van der Waals surface area contributed by atoms with Gasteiger partial charge in [0, 0.05) is 33.3 Å². The molecule has 8 nitrogen and oxygen atoms in total. The van der Waals surface area contributed by atoms with E-state index in [4.69, 9.17) is 9.94 Å². The lowest BCUT2D eigenvalue weighted by Crippen LogP contribution is -2.22. The highest BCUT2D eigenvalue weighted by molar-refractivity contribution is 9.10. The second-order valence-corrected chi connectivity index (χ2v) is 7.40. The maximum atomic E-state index is 12.5. The van der Waals surface area contributed by atoms with Crippen molar-refractivity contribution in [1.82, 2.24) is 5.48 Å². The Labute approximate surface area is 181 Å². The maximum absolute atomic E-state index is 12.5. The number of anilines is 1. The van der Waals surface area contributed by atoms with Crippen LogP contribution in [0.5, 0.6) is 5.75 Å². The molecule has 158 valence electrons. The number of nitrogens with one attached hydrogen (secondary N) is 2. The molecule has 0 aliphatic rings. The van der Waals surface area contributed by atoms with E-state index < -0.39 is 24.0 Å². The number of hydrogen-bond donors (Lipinski definition) is 4. The fraction of sp³-hybridized carbons (Fsp3) is 0.190. The lowest BCUT2D eigenvalue weighted by molar-refractivity contribution is -0.124. The molecule has 9 heteroatoms. The second-order valence-electron chi connectivity index (χ2n) is 6.48. The van der Waals surface area contributed by atoms with Crippen molar-refractivity contribution < 1.29 is 29.4 Å². The summed E-state index contributed by atoms with van der Waals surface area (Å²) in [5.74, 6) is -1.46. The first-order valence-corrected chi connectivity index (χ1v) is 9.70. The number of aromatic hydroxyl groups is 1. The van der Waals surface area contributed by atoms with E-state index in [0.717, 1.165) is 6.08 Å². The predicted octanol–water partition coefficient (Wildman–Crippen LogP) is 4.34. The molecular formula is C21H21BrN2O6. The highest BCUT2D eigenvalue weighted by atomic mass is 79.9. The Kier molecular flexibility index (Phi) is 8.14. The fourth-order valence-corrected chi connectivity index (χ4v) is 3.01. The van der Waals surface area contributed by atoms with Crippen molar-refractivity contribution in [2.45, 2.75) is 20.0 Å². The van der Waals surface area contributed by atoms with Gasteiger partial charge in [-0.3, -0.25) is 20.1 Å². The molecule has 2 rings (SSSR count).